The van der Waals surface area contributed by atoms with E-state index in [4.69, 9.17) is 5.11 Å². The van der Waals surface area contributed by atoms with Crippen LogP contribution in [0.4, 0.5) is 12.3 Å². The van der Waals surface area contributed by atoms with Crippen molar-refractivity contribution in [1.82, 2.24) is 0 Å². The molecule has 6 heteroatoms. The van der Waals surface area contributed by atoms with Gasteiger partial charge in [-0.1, -0.05) is 0 Å². The van der Waals surface area contributed by atoms with Crippen LogP contribution >= 0.6 is 0 Å². The highest BCUT2D eigenvalue weighted by molar-refractivity contribution is 6.51. The maximum absolute atomic E-state index is 11.2. The van der Waals surface area contributed by atoms with Gasteiger partial charge in [0, 0.05) is 13.2 Å². The molecule has 9 heavy (non-hydrogen) atoms. The van der Waals surface area contributed by atoms with Gasteiger partial charge >= 0.3 is 9.32 Å². The van der Waals surface area contributed by atoms with Crippen LogP contribution in [-0.4, -0.2) is 27.6 Å². The van der Waals surface area contributed by atoms with Gasteiger partial charge in [-0.25, -0.2) is 12.3 Å². The summed E-state index contributed by atoms with van der Waals surface area (Å²) in [4.78, 5) is 0. The Balaban J connectivity index is 3.07. The highest BCUT2D eigenvalue weighted by Gasteiger charge is 2.41. The zero-order valence-corrected chi connectivity index (χ0v) is 5.61. The van der Waals surface area contributed by atoms with Crippen molar-refractivity contribution in [2.75, 3.05) is 13.2 Å². The van der Waals surface area contributed by atoms with Gasteiger partial charge in [0.25, 0.3) is 0 Å². The number of aliphatic hydroxyl groups excluding tert-OH is 1. The standard InChI is InChI=1S/C3H7F3O2Si/c4-9(5,6)8-3-1-2-7/h7H,1-3H2. The van der Waals surface area contributed by atoms with E-state index in [1.165, 1.54) is 0 Å². The molecular weight excluding hydrogens is 153 g/mol. The fourth-order valence-electron chi connectivity index (χ4n) is 0.252. The van der Waals surface area contributed by atoms with Crippen LogP contribution in [0.1, 0.15) is 6.42 Å². The van der Waals surface area contributed by atoms with E-state index in [-0.39, 0.29) is 13.0 Å². The van der Waals surface area contributed by atoms with Crippen molar-refractivity contribution >= 4 is 9.32 Å². The third kappa shape index (κ3) is 7.93. The first-order chi connectivity index (χ1) is 4.06. The molecule has 0 amide bonds. The summed E-state index contributed by atoms with van der Waals surface area (Å²) in [5, 5.41) is 8.03. The lowest BCUT2D eigenvalue weighted by molar-refractivity contribution is 0.156. The van der Waals surface area contributed by atoms with Gasteiger partial charge in [-0.2, -0.15) is 0 Å². The molecule has 0 fully saturated rings. The van der Waals surface area contributed by atoms with Crippen LogP contribution in [0, 0.1) is 0 Å². The van der Waals surface area contributed by atoms with Crippen LogP contribution < -0.4 is 0 Å². The number of hydrogen-bond acceptors (Lipinski definition) is 2. The molecule has 0 unspecified atom stereocenters. The maximum atomic E-state index is 11.2. The summed E-state index contributed by atoms with van der Waals surface area (Å²) in [6.07, 6.45) is 0.0481. The van der Waals surface area contributed by atoms with Crippen LogP contribution in [-0.2, 0) is 4.43 Å². The normalized spacial score (nSPS) is 12.0. The van der Waals surface area contributed by atoms with E-state index >= 15 is 0 Å². The molecule has 0 aromatic carbocycles. The molecule has 0 saturated carbocycles. The van der Waals surface area contributed by atoms with E-state index in [0.29, 0.717) is 0 Å². The largest absolute Gasteiger partial charge is 0.802 e. The predicted octanol–water partition coefficient (Wildman–Crippen LogP) is 0.730. The summed E-state index contributed by atoms with van der Waals surface area (Å²) >= 11 is 0. The topological polar surface area (TPSA) is 29.5 Å². The van der Waals surface area contributed by atoms with Crippen molar-refractivity contribution in [2.24, 2.45) is 0 Å². The van der Waals surface area contributed by atoms with Gasteiger partial charge in [0.15, 0.2) is 0 Å². The molecule has 0 atom stereocenters. The minimum absolute atomic E-state index is 0.0481. The number of halogens is 3. The first-order valence-electron chi connectivity index (χ1n) is 2.38. The number of rotatable bonds is 4. The van der Waals surface area contributed by atoms with Gasteiger partial charge < -0.3 is 9.53 Å². The second-order valence-corrected chi connectivity index (χ2v) is 2.55. The third-order valence-electron chi connectivity index (χ3n) is 0.568. The van der Waals surface area contributed by atoms with E-state index in [9.17, 15) is 12.3 Å². The third-order valence-corrected chi connectivity index (χ3v) is 1.10. The Morgan fingerprint density at radius 2 is 1.89 bits per heavy atom. The molecule has 0 aliphatic carbocycles. The average Bonchev–Trinajstić information content (AvgIpc) is 1.63. The number of aliphatic hydroxyl groups is 1. The van der Waals surface area contributed by atoms with Gasteiger partial charge in [0.1, 0.15) is 0 Å². The van der Waals surface area contributed by atoms with Gasteiger partial charge in [-0.3, -0.25) is 0 Å². The van der Waals surface area contributed by atoms with Crippen molar-refractivity contribution in [2.45, 2.75) is 6.42 Å². The quantitative estimate of drug-likeness (QED) is 0.373. The fraction of sp³-hybridized carbons (Fsp3) is 1.00. The lowest BCUT2D eigenvalue weighted by atomic mass is 10.5. The molecule has 0 heterocycles. The second kappa shape index (κ2) is 3.86. The van der Waals surface area contributed by atoms with E-state index < -0.39 is 15.9 Å². The highest BCUT2D eigenvalue weighted by atomic mass is 28.5. The lowest BCUT2D eigenvalue weighted by Crippen LogP contribution is -2.21. The number of hydrogen-bond donors (Lipinski definition) is 1. The Kier molecular flexibility index (Phi) is 3.83. The van der Waals surface area contributed by atoms with Gasteiger partial charge in [-0.15, -0.1) is 0 Å². The van der Waals surface area contributed by atoms with Gasteiger partial charge in [0.05, 0.1) is 0 Å². The van der Waals surface area contributed by atoms with Crippen molar-refractivity contribution in [3.8, 4) is 0 Å². The maximum Gasteiger partial charge on any atom is 0.802 e. The van der Waals surface area contributed by atoms with E-state index in [1.54, 1.807) is 0 Å². The first-order valence-corrected chi connectivity index (χ1v) is 3.92. The average molecular weight is 160 g/mol. The van der Waals surface area contributed by atoms with Crippen molar-refractivity contribution < 1.29 is 21.9 Å². The van der Waals surface area contributed by atoms with Gasteiger partial charge in [-0.05, 0) is 6.42 Å². The molecule has 0 aliphatic rings. The highest BCUT2D eigenvalue weighted by Crippen LogP contribution is 2.09. The van der Waals surface area contributed by atoms with E-state index in [0.717, 1.165) is 0 Å². The summed E-state index contributed by atoms with van der Waals surface area (Å²) in [6.45, 7) is -0.670. The van der Waals surface area contributed by atoms with Crippen LogP contribution in [0.2, 0.25) is 0 Å². The van der Waals surface area contributed by atoms with Crippen molar-refractivity contribution in [3.05, 3.63) is 0 Å². The second-order valence-electron chi connectivity index (χ2n) is 1.37. The minimum Gasteiger partial charge on any atom is -0.396 e. The zero-order valence-electron chi connectivity index (χ0n) is 4.61. The summed E-state index contributed by atoms with van der Waals surface area (Å²) in [7, 11) is -5.81. The fourth-order valence-corrected chi connectivity index (χ4v) is 0.628. The van der Waals surface area contributed by atoms with Crippen molar-refractivity contribution in [1.29, 1.82) is 0 Å². The van der Waals surface area contributed by atoms with Crippen LogP contribution in [0.25, 0.3) is 0 Å². The Hall–Kier alpha value is -0.0731. The van der Waals surface area contributed by atoms with Crippen LogP contribution in [0.3, 0.4) is 0 Å². The molecule has 0 saturated heterocycles. The molecule has 0 aromatic rings. The Morgan fingerprint density at radius 3 is 2.22 bits per heavy atom. The lowest BCUT2D eigenvalue weighted by Gasteiger charge is -2.00. The Bertz CT molecular complexity index is 73.9. The first kappa shape index (κ1) is 8.93. The summed E-state index contributed by atoms with van der Waals surface area (Å²) < 4.78 is 37.1. The molecule has 2 nitrogen and oxygen atoms in total. The smallest absolute Gasteiger partial charge is 0.396 e. The molecule has 0 bridgehead atoms. The SMILES string of the molecule is OCCCO[Si](F)(F)F. The minimum atomic E-state index is -5.81. The Morgan fingerprint density at radius 1 is 1.33 bits per heavy atom. The zero-order chi connectivity index (χ0) is 7.33. The van der Waals surface area contributed by atoms with Gasteiger partial charge in [0.2, 0.25) is 0 Å². The molecule has 0 radical (unpaired) electrons. The molecule has 1 N–H and O–H groups in total. The van der Waals surface area contributed by atoms with E-state index in [2.05, 4.69) is 4.43 Å². The molecule has 56 valence electrons. The molecule has 0 aliphatic heterocycles. The summed E-state index contributed by atoms with van der Waals surface area (Å²) in [5.41, 5.74) is 0. The van der Waals surface area contributed by atoms with Crippen molar-refractivity contribution in [3.63, 3.8) is 0 Å². The summed E-state index contributed by atoms with van der Waals surface area (Å²) in [6, 6.07) is 0. The molecular formula is C3H7F3O2Si. The Labute approximate surface area is 51.9 Å². The van der Waals surface area contributed by atoms with E-state index in [1.807, 2.05) is 0 Å². The molecule has 0 spiro atoms. The molecule has 0 rings (SSSR count). The summed E-state index contributed by atoms with van der Waals surface area (Å²) in [5.74, 6) is 0. The predicted molar refractivity (Wildman–Crippen MR) is 26.7 cm³/mol. The van der Waals surface area contributed by atoms with Crippen LogP contribution in [0.5, 0.6) is 0 Å². The monoisotopic (exact) mass is 160 g/mol. The van der Waals surface area contributed by atoms with Crippen LogP contribution in [0.15, 0.2) is 0 Å². The molecule has 0 aromatic heterocycles.